The van der Waals surface area contributed by atoms with Gasteiger partial charge in [-0.05, 0) is 44.4 Å². The second-order valence-corrected chi connectivity index (χ2v) is 5.64. The molecule has 1 aromatic rings. The van der Waals surface area contributed by atoms with E-state index in [9.17, 15) is 9.59 Å². The van der Waals surface area contributed by atoms with Gasteiger partial charge in [0.2, 0.25) is 11.8 Å². The van der Waals surface area contributed by atoms with Crippen LogP contribution in [0.2, 0.25) is 0 Å². The lowest BCUT2D eigenvalue weighted by Gasteiger charge is -2.31. The molecule has 0 radical (unpaired) electrons. The van der Waals surface area contributed by atoms with E-state index in [-0.39, 0.29) is 17.7 Å². The Morgan fingerprint density at radius 1 is 1.48 bits per heavy atom. The summed E-state index contributed by atoms with van der Waals surface area (Å²) in [7, 11) is 0. The van der Waals surface area contributed by atoms with E-state index in [2.05, 4.69) is 10.3 Å². The Bertz CT molecular complexity index is 542. The number of pyridine rings is 1. The van der Waals surface area contributed by atoms with Gasteiger partial charge < -0.3 is 10.2 Å². The van der Waals surface area contributed by atoms with Gasteiger partial charge in [-0.1, -0.05) is 0 Å². The number of aromatic nitrogens is 1. The van der Waals surface area contributed by atoms with Crippen LogP contribution in [0.15, 0.2) is 12.3 Å². The summed E-state index contributed by atoms with van der Waals surface area (Å²) in [5.41, 5.74) is 3.15. The lowest BCUT2D eigenvalue weighted by atomic mass is 9.96. The number of hydrogen-bond acceptors (Lipinski definition) is 3. The van der Waals surface area contributed by atoms with E-state index in [1.165, 1.54) is 0 Å². The predicted octanol–water partition coefficient (Wildman–Crippen LogP) is 1.57. The van der Waals surface area contributed by atoms with Crippen molar-refractivity contribution in [2.75, 3.05) is 13.1 Å². The molecule has 1 aliphatic heterocycles. The minimum atomic E-state index is -0.0960. The highest BCUT2D eigenvalue weighted by atomic mass is 16.2. The molecular weight excluding hydrogens is 266 g/mol. The number of likely N-dealkylation sites (tertiary alicyclic amines) is 1. The number of aryl methyl sites for hydroxylation is 2. The molecule has 1 fully saturated rings. The van der Waals surface area contributed by atoms with Gasteiger partial charge in [0, 0.05) is 37.9 Å². The first-order valence-corrected chi connectivity index (χ1v) is 7.49. The highest BCUT2D eigenvalue weighted by Gasteiger charge is 2.29. The van der Waals surface area contributed by atoms with Gasteiger partial charge in [0.15, 0.2) is 0 Å². The molecule has 1 N–H and O–H groups in total. The summed E-state index contributed by atoms with van der Waals surface area (Å²) < 4.78 is 0. The SMILES string of the molecule is CCN1CC(C(=O)NCc2cnc(C)cc2C)CCC1=O. The van der Waals surface area contributed by atoms with Crippen molar-refractivity contribution in [3.63, 3.8) is 0 Å². The topological polar surface area (TPSA) is 62.3 Å². The fraction of sp³-hybridized carbons (Fsp3) is 0.562. The van der Waals surface area contributed by atoms with Crippen LogP contribution < -0.4 is 5.32 Å². The van der Waals surface area contributed by atoms with Crippen molar-refractivity contribution < 1.29 is 9.59 Å². The van der Waals surface area contributed by atoms with Gasteiger partial charge in [0.1, 0.15) is 0 Å². The molecule has 1 saturated heterocycles. The van der Waals surface area contributed by atoms with Crippen molar-refractivity contribution in [3.8, 4) is 0 Å². The zero-order valence-electron chi connectivity index (χ0n) is 13.0. The van der Waals surface area contributed by atoms with Crippen LogP contribution >= 0.6 is 0 Å². The molecule has 1 atom stereocenters. The number of nitrogens with zero attached hydrogens (tertiary/aromatic N) is 2. The fourth-order valence-corrected chi connectivity index (χ4v) is 2.67. The third-order valence-electron chi connectivity index (χ3n) is 4.06. The van der Waals surface area contributed by atoms with Gasteiger partial charge in [-0.3, -0.25) is 14.6 Å². The Hall–Kier alpha value is -1.91. The smallest absolute Gasteiger partial charge is 0.225 e. The summed E-state index contributed by atoms with van der Waals surface area (Å²) in [4.78, 5) is 29.9. The van der Waals surface area contributed by atoms with E-state index in [0.29, 0.717) is 32.5 Å². The average Bonchev–Trinajstić information content (AvgIpc) is 2.46. The number of carbonyl (C=O) groups is 2. The van der Waals surface area contributed by atoms with E-state index in [0.717, 1.165) is 16.8 Å². The van der Waals surface area contributed by atoms with Crippen molar-refractivity contribution in [2.24, 2.45) is 5.92 Å². The van der Waals surface area contributed by atoms with Crippen LogP contribution in [0, 0.1) is 19.8 Å². The van der Waals surface area contributed by atoms with E-state index in [4.69, 9.17) is 0 Å². The van der Waals surface area contributed by atoms with Crippen LogP contribution in [-0.2, 0) is 16.1 Å². The molecule has 2 rings (SSSR count). The van der Waals surface area contributed by atoms with Crippen LogP contribution in [0.3, 0.4) is 0 Å². The average molecular weight is 289 g/mol. The van der Waals surface area contributed by atoms with Gasteiger partial charge in [0.05, 0.1) is 5.92 Å². The van der Waals surface area contributed by atoms with E-state index in [1.54, 1.807) is 4.90 Å². The molecule has 0 aliphatic carbocycles. The predicted molar refractivity (Wildman–Crippen MR) is 80.5 cm³/mol. The first-order valence-electron chi connectivity index (χ1n) is 7.49. The van der Waals surface area contributed by atoms with Crippen LogP contribution in [0.25, 0.3) is 0 Å². The maximum absolute atomic E-state index is 12.2. The highest BCUT2D eigenvalue weighted by molar-refractivity contribution is 5.83. The van der Waals surface area contributed by atoms with Crippen LogP contribution in [-0.4, -0.2) is 34.8 Å². The first-order chi connectivity index (χ1) is 10.0. The summed E-state index contributed by atoms with van der Waals surface area (Å²) >= 11 is 0. The molecule has 2 heterocycles. The molecule has 21 heavy (non-hydrogen) atoms. The molecule has 0 bridgehead atoms. The van der Waals surface area contributed by atoms with Crippen molar-refractivity contribution in [1.29, 1.82) is 0 Å². The Morgan fingerprint density at radius 3 is 2.90 bits per heavy atom. The quantitative estimate of drug-likeness (QED) is 0.915. The van der Waals surface area contributed by atoms with Crippen molar-refractivity contribution in [1.82, 2.24) is 15.2 Å². The third-order valence-corrected chi connectivity index (χ3v) is 4.06. The van der Waals surface area contributed by atoms with E-state index < -0.39 is 0 Å². The molecule has 0 saturated carbocycles. The maximum Gasteiger partial charge on any atom is 0.225 e. The molecule has 0 spiro atoms. The molecule has 2 amide bonds. The van der Waals surface area contributed by atoms with Gasteiger partial charge in [-0.2, -0.15) is 0 Å². The number of nitrogens with one attached hydrogen (secondary N) is 1. The van der Waals surface area contributed by atoms with Gasteiger partial charge in [-0.25, -0.2) is 0 Å². The number of hydrogen-bond donors (Lipinski definition) is 1. The summed E-state index contributed by atoms with van der Waals surface area (Å²) in [6, 6.07) is 2.01. The lowest BCUT2D eigenvalue weighted by molar-refractivity contribution is -0.138. The number of rotatable bonds is 4. The molecule has 114 valence electrons. The molecule has 1 aliphatic rings. The zero-order chi connectivity index (χ0) is 15.4. The Morgan fingerprint density at radius 2 is 2.24 bits per heavy atom. The normalized spacial score (nSPS) is 18.7. The molecule has 5 heteroatoms. The molecule has 1 aromatic heterocycles. The highest BCUT2D eigenvalue weighted by Crippen LogP contribution is 2.18. The van der Waals surface area contributed by atoms with Gasteiger partial charge >= 0.3 is 0 Å². The van der Waals surface area contributed by atoms with E-state index in [1.807, 2.05) is 33.0 Å². The second-order valence-electron chi connectivity index (χ2n) is 5.64. The minimum absolute atomic E-state index is 0.0286. The summed E-state index contributed by atoms with van der Waals surface area (Å²) in [5.74, 6) is 0.0856. The van der Waals surface area contributed by atoms with Crippen molar-refractivity contribution in [2.45, 2.75) is 40.2 Å². The largest absolute Gasteiger partial charge is 0.352 e. The molecule has 5 nitrogen and oxygen atoms in total. The summed E-state index contributed by atoms with van der Waals surface area (Å²) in [6.45, 7) is 7.62. The molecule has 0 aromatic carbocycles. The Balaban J connectivity index is 1.91. The fourth-order valence-electron chi connectivity index (χ4n) is 2.67. The van der Waals surface area contributed by atoms with Crippen LogP contribution in [0.1, 0.15) is 36.6 Å². The summed E-state index contributed by atoms with van der Waals surface area (Å²) in [6.07, 6.45) is 2.93. The number of carbonyl (C=O) groups excluding carboxylic acids is 2. The molecule has 1 unspecified atom stereocenters. The molecular formula is C16H23N3O2. The van der Waals surface area contributed by atoms with Crippen LogP contribution in [0.5, 0.6) is 0 Å². The second kappa shape index (κ2) is 6.70. The monoisotopic (exact) mass is 289 g/mol. The third kappa shape index (κ3) is 3.80. The number of piperidine rings is 1. The zero-order valence-corrected chi connectivity index (χ0v) is 13.0. The van der Waals surface area contributed by atoms with Gasteiger partial charge in [0.25, 0.3) is 0 Å². The van der Waals surface area contributed by atoms with E-state index >= 15 is 0 Å². The summed E-state index contributed by atoms with van der Waals surface area (Å²) in [5, 5.41) is 2.97. The number of amides is 2. The van der Waals surface area contributed by atoms with Crippen molar-refractivity contribution in [3.05, 3.63) is 29.1 Å². The Kier molecular flexibility index (Phi) is 4.94. The standard InChI is InChI=1S/C16H23N3O2/c1-4-19-10-13(5-6-15(19)20)16(21)18-9-14-8-17-12(3)7-11(14)2/h7-8,13H,4-6,9-10H2,1-3H3,(H,18,21). The minimum Gasteiger partial charge on any atom is -0.352 e. The Labute approximate surface area is 125 Å². The van der Waals surface area contributed by atoms with Crippen molar-refractivity contribution >= 4 is 11.8 Å². The first kappa shape index (κ1) is 15.5. The lowest BCUT2D eigenvalue weighted by Crippen LogP contribution is -2.45. The van der Waals surface area contributed by atoms with Gasteiger partial charge in [-0.15, -0.1) is 0 Å². The maximum atomic E-state index is 12.2. The van der Waals surface area contributed by atoms with Crippen LogP contribution in [0.4, 0.5) is 0 Å².